The minimum absolute atomic E-state index is 0.0516. The van der Waals surface area contributed by atoms with Crippen molar-refractivity contribution in [2.45, 2.75) is 0 Å². The Kier molecular flexibility index (Phi) is 5.45. The number of aliphatic carboxylic acids is 1. The topological polar surface area (TPSA) is 133 Å². The highest BCUT2D eigenvalue weighted by molar-refractivity contribution is 5.96. The van der Waals surface area contributed by atoms with Crippen LogP contribution in [0.5, 0.6) is 23.5 Å². The number of carbonyl (C=O) groups is 2. The Balaban J connectivity index is 2.27. The van der Waals surface area contributed by atoms with Gasteiger partial charge in [-0.15, -0.1) is 0 Å². The van der Waals surface area contributed by atoms with Crippen LogP contribution in [0.2, 0.25) is 0 Å². The fourth-order valence-corrected chi connectivity index (χ4v) is 1.62. The number of hydrogen-bond donors (Lipinski definition) is 2. The van der Waals surface area contributed by atoms with Crippen molar-refractivity contribution in [2.24, 2.45) is 0 Å². The molecule has 0 aliphatic heterocycles. The molecule has 0 unspecified atom stereocenters. The third kappa shape index (κ3) is 4.29. The molecule has 2 N–H and O–H groups in total. The van der Waals surface area contributed by atoms with E-state index in [1.807, 2.05) is 0 Å². The smallest absolute Gasteiger partial charge is 0.328 e. The molecule has 0 radical (unpaired) electrons. The van der Waals surface area contributed by atoms with E-state index in [4.69, 9.17) is 19.3 Å². The second kappa shape index (κ2) is 7.72. The van der Waals surface area contributed by atoms with Crippen LogP contribution in [-0.4, -0.2) is 52.7 Å². The molecule has 0 aromatic carbocycles. The van der Waals surface area contributed by atoms with E-state index in [2.05, 4.69) is 20.3 Å². The molecule has 126 valence electrons. The SMILES string of the molecule is COc1cc(OC)nc(Oc2cccnc2C(=O)NCC(=O)O)n1. The molecule has 0 aliphatic carbocycles. The molecule has 2 aromatic heterocycles. The first kappa shape index (κ1) is 16.9. The summed E-state index contributed by atoms with van der Waals surface area (Å²) < 4.78 is 15.5. The standard InChI is InChI=1S/C14H14N4O6/c1-22-9-6-10(23-2)18-14(17-9)24-8-4-3-5-15-12(8)13(21)16-7-11(19)20/h3-6H,7H2,1-2H3,(H,16,21)(H,19,20). The lowest BCUT2D eigenvalue weighted by Crippen LogP contribution is -2.30. The number of hydrogen-bond acceptors (Lipinski definition) is 8. The summed E-state index contributed by atoms with van der Waals surface area (Å²) in [7, 11) is 2.83. The van der Waals surface area contributed by atoms with Crippen LogP contribution in [0.15, 0.2) is 24.4 Å². The van der Waals surface area contributed by atoms with Crippen LogP contribution in [0, 0.1) is 0 Å². The Hall–Kier alpha value is -3.43. The molecule has 2 aromatic rings. The van der Waals surface area contributed by atoms with Crippen LogP contribution >= 0.6 is 0 Å². The number of aromatic nitrogens is 3. The molecule has 10 nitrogen and oxygen atoms in total. The second-order valence-corrected chi connectivity index (χ2v) is 4.26. The van der Waals surface area contributed by atoms with Gasteiger partial charge in [0.15, 0.2) is 11.4 Å². The predicted molar refractivity (Wildman–Crippen MR) is 79.4 cm³/mol. The first-order chi connectivity index (χ1) is 11.5. The summed E-state index contributed by atoms with van der Waals surface area (Å²) in [6.07, 6.45) is 1.37. The van der Waals surface area contributed by atoms with Crippen LogP contribution in [0.1, 0.15) is 10.5 Å². The summed E-state index contributed by atoms with van der Waals surface area (Å²) in [5, 5.41) is 10.8. The van der Waals surface area contributed by atoms with Crippen LogP contribution < -0.4 is 19.5 Å². The lowest BCUT2D eigenvalue weighted by atomic mass is 10.3. The number of ether oxygens (including phenoxy) is 3. The maximum absolute atomic E-state index is 12.0. The van der Waals surface area contributed by atoms with Crippen molar-refractivity contribution in [3.05, 3.63) is 30.1 Å². The average Bonchev–Trinajstić information content (AvgIpc) is 2.59. The van der Waals surface area contributed by atoms with Crippen molar-refractivity contribution in [3.63, 3.8) is 0 Å². The van der Waals surface area contributed by atoms with E-state index in [1.165, 1.54) is 32.5 Å². The molecule has 2 heterocycles. The molecular formula is C14H14N4O6. The Morgan fingerprint density at radius 3 is 2.46 bits per heavy atom. The number of carboxylic acids is 1. The first-order valence-electron chi connectivity index (χ1n) is 6.63. The number of carboxylic acid groups (broad SMARTS) is 1. The van der Waals surface area contributed by atoms with E-state index < -0.39 is 18.4 Å². The second-order valence-electron chi connectivity index (χ2n) is 4.26. The molecule has 0 spiro atoms. The van der Waals surface area contributed by atoms with Gasteiger partial charge in [-0.1, -0.05) is 0 Å². The van der Waals surface area contributed by atoms with Crippen LogP contribution in [0.3, 0.4) is 0 Å². The van der Waals surface area contributed by atoms with Crippen LogP contribution in [0.25, 0.3) is 0 Å². The summed E-state index contributed by atoms with van der Waals surface area (Å²) in [6, 6.07) is 4.35. The number of methoxy groups -OCH3 is 2. The number of pyridine rings is 1. The minimum Gasteiger partial charge on any atom is -0.481 e. The highest BCUT2D eigenvalue weighted by Crippen LogP contribution is 2.25. The van der Waals surface area contributed by atoms with E-state index in [-0.39, 0.29) is 29.2 Å². The Morgan fingerprint density at radius 1 is 1.21 bits per heavy atom. The molecule has 2 rings (SSSR count). The van der Waals surface area contributed by atoms with Gasteiger partial charge in [0.1, 0.15) is 6.54 Å². The van der Waals surface area contributed by atoms with Crippen molar-refractivity contribution >= 4 is 11.9 Å². The van der Waals surface area contributed by atoms with Crippen molar-refractivity contribution in [1.82, 2.24) is 20.3 Å². The van der Waals surface area contributed by atoms with E-state index in [0.29, 0.717) is 0 Å². The quantitative estimate of drug-likeness (QED) is 0.742. The molecule has 0 saturated heterocycles. The van der Waals surface area contributed by atoms with E-state index >= 15 is 0 Å². The van der Waals surface area contributed by atoms with Gasteiger partial charge in [-0.3, -0.25) is 9.59 Å². The Morgan fingerprint density at radius 2 is 1.88 bits per heavy atom. The van der Waals surface area contributed by atoms with Crippen LogP contribution in [0.4, 0.5) is 0 Å². The van der Waals surface area contributed by atoms with E-state index in [9.17, 15) is 9.59 Å². The largest absolute Gasteiger partial charge is 0.481 e. The molecule has 0 bridgehead atoms. The number of rotatable bonds is 7. The van der Waals surface area contributed by atoms with Gasteiger partial charge in [0.2, 0.25) is 11.8 Å². The highest BCUT2D eigenvalue weighted by Gasteiger charge is 2.17. The molecular weight excluding hydrogens is 320 g/mol. The third-order valence-electron chi connectivity index (χ3n) is 2.66. The van der Waals surface area contributed by atoms with Gasteiger partial charge >= 0.3 is 12.0 Å². The lowest BCUT2D eigenvalue weighted by Gasteiger charge is -2.10. The average molecular weight is 334 g/mol. The first-order valence-corrected chi connectivity index (χ1v) is 6.63. The van der Waals surface area contributed by atoms with Gasteiger partial charge in [0.25, 0.3) is 5.91 Å². The Bertz CT molecular complexity index is 730. The molecule has 0 fully saturated rings. The van der Waals surface area contributed by atoms with E-state index in [1.54, 1.807) is 6.07 Å². The normalized spacial score (nSPS) is 9.92. The van der Waals surface area contributed by atoms with E-state index in [0.717, 1.165) is 0 Å². The molecule has 0 atom stereocenters. The summed E-state index contributed by atoms with van der Waals surface area (Å²) in [4.78, 5) is 34.4. The van der Waals surface area contributed by atoms with Gasteiger partial charge in [0.05, 0.1) is 20.3 Å². The Labute approximate surface area is 136 Å². The zero-order chi connectivity index (χ0) is 17.5. The van der Waals surface area contributed by atoms with Gasteiger partial charge in [0, 0.05) is 6.20 Å². The van der Waals surface area contributed by atoms with Gasteiger partial charge < -0.3 is 24.6 Å². The fourth-order valence-electron chi connectivity index (χ4n) is 1.62. The van der Waals surface area contributed by atoms with Gasteiger partial charge in [-0.2, -0.15) is 9.97 Å². The van der Waals surface area contributed by atoms with Crippen molar-refractivity contribution in [3.8, 4) is 23.5 Å². The summed E-state index contributed by atoms with van der Waals surface area (Å²) in [5.41, 5.74) is -0.107. The maximum Gasteiger partial charge on any atom is 0.328 e. The third-order valence-corrected chi connectivity index (χ3v) is 2.66. The summed E-state index contributed by atoms with van der Waals surface area (Å²) in [5.74, 6) is -1.42. The predicted octanol–water partition coefficient (Wildman–Crippen LogP) is 0.495. The zero-order valence-electron chi connectivity index (χ0n) is 12.8. The maximum atomic E-state index is 12.0. The molecule has 1 amide bonds. The van der Waals surface area contributed by atoms with Crippen LogP contribution in [-0.2, 0) is 4.79 Å². The molecule has 0 aliphatic rings. The van der Waals surface area contributed by atoms with Gasteiger partial charge in [-0.25, -0.2) is 4.98 Å². The molecule has 10 heteroatoms. The number of nitrogens with zero attached hydrogens (tertiary/aromatic N) is 3. The zero-order valence-corrected chi connectivity index (χ0v) is 12.8. The molecule has 24 heavy (non-hydrogen) atoms. The van der Waals surface area contributed by atoms with Crippen molar-refractivity contribution in [2.75, 3.05) is 20.8 Å². The van der Waals surface area contributed by atoms with Crippen molar-refractivity contribution < 1.29 is 28.9 Å². The van der Waals surface area contributed by atoms with Crippen molar-refractivity contribution in [1.29, 1.82) is 0 Å². The summed E-state index contributed by atoms with van der Waals surface area (Å²) in [6.45, 7) is -0.543. The number of carbonyl (C=O) groups excluding carboxylic acids is 1. The fraction of sp³-hybridized carbons (Fsp3) is 0.214. The number of amides is 1. The highest BCUT2D eigenvalue weighted by atomic mass is 16.5. The summed E-state index contributed by atoms with van der Waals surface area (Å²) >= 11 is 0. The van der Waals surface area contributed by atoms with Gasteiger partial charge in [-0.05, 0) is 12.1 Å². The number of nitrogens with one attached hydrogen (secondary N) is 1. The minimum atomic E-state index is -1.18. The monoisotopic (exact) mass is 334 g/mol. The molecule has 0 saturated carbocycles. The lowest BCUT2D eigenvalue weighted by molar-refractivity contribution is -0.135.